The molecule has 1 aliphatic rings. The van der Waals surface area contributed by atoms with Crippen molar-refractivity contribution in [2.45, 2.75) is 6.54 Å². The van der Waals surface area contributed by atoms with Crippen LogP contribution in [-0.2, 0) is 11.3 Å². The Morgan fingerprint density at radius 3 is 2.43 bits per heavy atom. The van der Waals surface area contributed by atoms with Crippen molar-refractivity contribution in [1.29, 1.82) is 0 Å². The van der Waals surface area contributed by atoms with Gasteiger partial charge in [-0.3, -0.25) is 14.6 Å². The summed E-state index contributed by atoms with van der Waals surface area (Å²) in [7, 11) is 0. The Morgan fingerprint density at radius 2 is 1.75 bits per heavy atom. The zero-order chi connectivity index (χ0) is 19.9. The van der Waals surface area contributed by atoms with Crippen LogP contribution in [0.1, 0.15) is 11.1 Å². The summed E-state index contributed by atoms with van der Waals surface area (Å²) < 4.78 is 13.7. The summed E-state index contributed by atoms with van der Waals surface area (Å²) in [6.07, 6.45) is 1.22. The molecular formula is C20H21Cl2FN4O. The number of nitrogens with one attached hydrogen (secondary N) is 1. The molecule has 0 aliphatic carbocycles. The van der Waals surface area contributed by atoms with Gasteiger partial charge < -0.3 is 0 Å². The Kier molecular flexibility index (Phi) is 7.39. The number of hydrazone groups is 1. The van der Waals surface area contributed by atoms with Crippen molar-refractivity contribution in [3.63, 3.8) is 0 Å². The standard InChI is InChI=1S/C20H21Cl2FN4O/c21-16-6-4-15(5-7-16)13-26-8-10-27(11-9-26)14-20(28)25-24-12-17-18(22)2-1-3-19(17)23/h1-7,12H,8-11,13-14H2,(H,25,28)/b24-12+. The third-order valence-electron chi connectivity index (χ3n) is 4.53. The average Bonchev–Trinajstić information content (AvgIpc) is 2.67. The molecule has 0 spiro atoms. The highest BCUT2D eigenvalue weighted by Gasteiger charge is 2.19. The molecule has 0 unspecified atom stereocenters. The summed E-state index contributed by atoms with van der Waals surface area (Å²) in [6, 6.07) is 12.2. The Morgan fingerprint density at radius 1 is 1.07 bits per heavy atom. The lowest BCUT2D eigenvalue weighted by atomic mass is 10.2. The summed E-state index contributed by atoms with van der Waals surface area (Å²) in [4.78, 5) is 16.5. The van der Waals surface area contributed by atoms with Crippen molar-refractivity contribution < 1.29 is 9.18 Å². The van der Waals surface area contributed by atoms with Gasteiger partial charge in [-0.15, -0.1) is 0 Å². The Hall–Kier alpha value is -1.99. The summed E-state index contributed by atoms with van der Waals surface area (Å²) in [5, 5.41) is 4.79. The van der Waals surface area contributed by atoms with E-state index in [1.807, 2.05) is 24.3 Å². The predicted octanol–water partition coefficient (Wildman–Crippen LogP) is 3.40. The highest BCUT2D eigenvalue weighted by atomic mass is 35.5. The highest BCUT2D eigenvalue weighted by Crippen LogP contribution is 2.16. The SMILES string of the molecule is O=C(CN1CCN(Cc2ccc(Cl)cc2)CC1)N/N=C/c1c(F)cccc1Cl. The van der Waals surface area contributed by atoms with Crippen LogP contribution in [0.15, 0.2) is 47.6 Å². The van der Waals surface area contributed by atoms with Crippen LogP contribution in [0, 0.1) is 5.82 Å². The fourth-order valence-corrected chi connectivity index (χ4v) is 3.33. The largest absolute Gasteiger partial charge is 0.297 e. The molecule has 0 atom stereocenters. The lowest BCUT2D eigenvalue weighted by Crippen LogP contribution is -2.48. The van der Waals surface area contributed by atoms with Crippen LogP contribution < -0.4 is 5.43 Å². The molecule has 8 heteroatoms. The molecule has 0 aromatic heterocycles. The fourth-order valence-electron chi connectivity index (χ4n) is 2.99. The Balaban J connectivity index is 1.41. The number of carbonyl (C=O) groups excluding carboxylic acids is 1. The number of rotatable bonds is 6. The zero-order valence-corrected chi connectivity index (χ0v) is 16.8. The first-order chi connectivity index (χ1) is 13.5. The van der Waals surface area contributed by atoms with E-state index in [1.54, 1.807) is 6.07 Å². The lowest BCUT2D eigenvalue weighted by Gasteiger charge is -2.34. The van der Waals surface area contributed by atoms with E-state index in [1.165, 1.54) is 23.9 Å². The molecular weight excluding hydrogens is 402 g/mol. The number of carbonyl (C=O) groups is 1. The zero-order valence-electron chi connectivity index (χ0n) is 15.2. The van der Waals surface area contributed by atoms with Gasteiger partial charge >= 0.3 is 0 Å². The summed E-state index contributed by atoms with van der Waals surface area (Å²) >= 11 is 11.8. The highest BCUT2D eigenvalue weighted by molar-refractivity contribution is 6.33. The number of halogens is 3. The molecule has 2 aromatic rings. The molecule has 0 radical (unpaired) electrons. The molecule has 1 amide bonds. The van der Waals surface area contributed by atoms with Crippen molar-refractivity contribution in [1.82, 2.24) is 15.2 Å². The maximum Gasteiger partial charge on any atom is 0.254 e. The smallest absolute Gasteiger partial charge is 0.254 e. The lowest BCUT2D eigenvalue weighted by molar-refractivity contribution is -0.122. The van der Waals surface area contributed by atoms with E-state index >= 15 is 0 Å². The minimum Gasteiger partial charge on any atom is -0.297 e. The number of hydrogen-bond donors (Lipinski definition) is 1. The van der Waals surface area contributed by atoms with Crippen LogP contribution in [-0.4, -0.2) is 54.6 Å². The van der Waals surface area contributed by atoms with E-state index in [0.29, 0.717) is 0 Å². The van der Waals surface area contributed by atoms with E-state index in [4.69, 9.17) is 23.2 Å². The van der Waals surface area contributed by atoms with Crippen LogP contribution in [0.25, 0.3) is 0 Å². The molecule has 1 saturated heterocycles. The van der Waals surface area contributed by atoms with Gasteiger partial charge in [-0.2, -0.15) is 5.10 Å². The van der Waals surface area contributed by atoms with Gasteiger partial charge in [0.15, 0.2) is 0 Å². The third kappa shape index (κ3) is 6.01. The molecule has 28 heavy (non-hydrogen) atoms. The molecule has 148 valence electrons. The third-order valence-corrected chi connectivity index (χ3v) is 5.12. The van der Waals surface area contributed by atoms with E-state index in [-0.39, 0.29) is 23.0 Å². The van der Waals surface area contributed by atoms with Gasteiger partial charge in [0.05, 0.1) is 17.8 Å². The first-order valence-corrected chi connectivity index (χ1v) is 9.72. The van der Waals surface area contributed by atoms with Crippen LogP contribution >= 0.6 is 23.2 Å². The van der Waals surface area contributed by atoms with Crippen molar-refractivity contribution in [2.24, 2.45) is 5.10 Å². The number of nitrogens with zero attached hydrogens (tertiary/aromatic N) is 3. The van der Waals surface area contributed by atoms with Crippen LogP contribution in [0.4, 0.5) is 4.39 Å². The maximum absolute atomic E-state index is 13.7. The quantitative estimate of drug-likeness (QED) is 0.573. The van der Waals surface area contributed by atoms with Gasteiger partial charge in [-0.05, 0) is 29.8 Å². The second-order valence-corrected chi connectivity index (χ2v) is 7.45. The first-order valence-electron chi connectivity index (χ1n) is 8.96. The minimum atomic E-state index is -0.484. The maximum atomic E-state index is 13.7. The van der Waals surface area contributed by atoms with Crippen LogP contribution in [0.3, 0.4) is 0 Å². The molecule has 0 bridgehead atoms. The normalized spacial score (nSPS) is 15.8. The monoisotopic (exact) mass is 422 g/mol. The van der Waals surface area contributed by atoms with E-state index in [9.17, 15) is 9.18 Å². The Bertz CT molecular complexity index is 816. The first kappa shape index (κ1) is 20.7. The molecule has 0 saturated carbocycles. The van der Waals surface area contributed by atoms with Crippen molar-refractivity contribution >= 4 is 35.3 Å². The minimum absolute atomic E-state index is 0.153. The molecule has 3 rings (SSSR count). The topological polar surface area (TPSA) is 47.9 Å². The van der Waals surface area contributed by atoms with Gasteiger partial charge in [0.25, 0.3) is 5.91 Å². The van der Waals surface area contributed by atoms with E-state index < -0.39 is 5.82 Å². The Labute approximate surface area is 173 Å². The van der Waals surface area contributed by atoms with Gasteiger partial charge in [0, 0.05) is 43.3 Å². The summed E-state index contributed by atoms with van der Waals surface area (Å²) in [6.45, 7) is 4.46. The molecule has 5 nitrogen and oxygen atoms in total. The summed E-state index contributed by atoms with van der Waals surface area (Å²) in [5.41, 5.74) is 3.80. The van der Waals surface area contributed by atoms with Crippen LogP contribution in [0.2, 0.25) is 10.0 Å². The van der Waals surface area contributed by atoms with E-state index in [0.717, 1.165) is 37.7 Å². The van der Waals surface area contributed by atoms with Gasteiger partial charge in [0.2, 0.25) is 0 Å². The molecule has 1 heterocycles. The van der Waals surface area contributed by atoms with Crippen molar-refractivity contribution in [3.8, 4) is 0 Å². The fraction of sp³-hybridized carbons (Fsp3) is 0.300. The van der Waals surface area contributed by atoms with Gasteiger partial charge in [0.1, 0.15) is 5.82 Å². The molecule has 1 aliphatic heterocycles. The molecule has 1 fully saturated rings. The van der Waals surface area contributed by atoms with Gasteiger partial charge in [-0.25, -0.2) is 9.82 Å². The number of hydrogen-bond acceptors (Lipinski definition) is 4. The second kappa shape index (κ2) is 9.98. The second-order valence-electron chi connectivity index (χ2n) is 6.61. The van der Waals surface area contributed by atoms with Crippen LogP contribution in [0.5, 0.6) is 0 Å². The number of benzene rings is 2. The molecule has 1 N–H and O–H groups in total. The number of piperazine rings is 1. The average molecular weight is 423 g/mol. The molecule has 2 aromatic carbocycles. The van der Waals surface area contributed by atoms with E-state index in [2.05, 4.69) is 20.3 Å². The number of amides is 1. The van der Waals surface area contributed by atoms with Gasteiger partial charge in [-0.1, -0.05) is 41.4 Å². The van der Waals surface area contributed by atoms with Crippen molar-refractivity contribution in [3.05, 3.63) is 69.5 Å². The predicted molar refractivity (Wildman–Crippen MR) is 110 cm³/mol. The summed E-state index contributed by atoms with van der Waals surface area (Å²) in [5.74, 6) is -0.725. The van der Waals surface area contributed by atoms with Crippen molar-refractivity contribution in [2.75, 3.05) is 32.7 Å².